The van der Waals surface area contributed by atoms with E-state index in [2.05, 4.69) is 17.0 Å². The quantitative estimate of drug-likeness (QED) is 0.768. The first kappa shape index (κ1) is 20.0. The topological polar surface area (TPSA) is 75.3 Å². The number of nitrogens with one attached hydrogen (secondary N) is 2. The van der Waals surface area contributed by atoms with Crippen molar-refractivity contribution in [1.82, 2.24) is 5.32 Å². The number of hydrogen-bond donors (Lipinski definition) is 2. The number of rotatable bonds is 7. The van der Waals surface area contributed by atoms with Gasteiger partial charge in [0.25, 0.3) is 15.9 Å². The van der Waals surface area contributed by atoms with Gasteiger partial charge in [-0.3, -0.25) is 9.52 Å². The van der Waals surface area contributed by atoms with Gasteiger partial charge in [0.2, 0.25) is 0 Å². The van der Waals surface area contributed by atoms with Gasteiger partial charge in [-0.05, 0) is 57.0 Å². The molecule has 0 saturated carbocycles. The van der Waals surface area contributed by atoms with Crippen LogP contribution in [0.25, 0.3) is 0 Å². The molecule has 0 saturated heterocycles. The summed E-state index contributed by atoms with van der Waals surface area (Å²) in [5, 5.41) is 2.95. The molecule has 6 heteroatoms. The lowest BCUT2D eigenvalue weighted by atomic mass is 10.1. The molecule has 0 aliphatic heterocycles. The molecule has 0 bridgehead atoms. The molecule has 2 aromatic rings. The highest BCUT2D eigenvalue weighted by Crippen LogP contribution is 2.23. The smallest absolute Gasteiger partial charge is 0.261 e. The molecule has 1 atom stereocenters. The maximum atomic E-state index is 12.6. The number of anilines is 1. The van der Waals surface area contributed by atoms with E-state index >= 15 is 0 Å². The van der Waals surface area contributed by atoms with E-state index in [0.29, 0.717) is 16.8 Å². The monoisotopic (exact) mass is 374 g/mol. The van der Waals surface area contributed by atoms with Crippen molar-refractivity contribution < 1.29 is 13.2 Å². The van der Waals surface area contributed by atoms with Crippen LogP contribution in [0.5, 0.6) is 0 Å². The summed E-state index contributed by atoms with van der Waals surface area (Å²) in [6.07, 6.45) is 1.88. The van der Waals surface area contributed by atoms with E-state index in [1.807, 2.05) is 13.8 Å². The number of carbonyl (C=O) groups excluding carboxylic acids is 1. The number of carbonyl (C=O) groups is 1. The zero-order chi connectivity index (χ0) is 19.3. The van der Waals surface area contributed by atoms with Crippen LogP contribution in [0.2, 0.25) is 0 Å². The Morgan fingerprint density at radius 1 is 1.08 bits per heavy atom. The van der Waals surface area contributed by atoms with E-state index < -0.39 is 10.0 Å². The summed E-state index contributed by atoms with van der Waals surface area (Å²) in [5.74, 6) is -0.195. The largest absolute Gasteiger partial charge is 0.350 e. The van der Waals surface area contributed by atoms with Crippen LogP contribution >= 0.6 is 0 Å². The average Bonchev–Trinajstić information content (AvgIpc) is 2.57. The number of sulfonamides is 1. The van der Waals surface area contributed by atoms with E-state index in [4.69, 9.17) is 0 Å². The Balaban J connectivity index is 2.26. The van der Waals surface area contributed by atoms with E-state index in [-0.39, 0.29) is 16.8 Å². The third kappa shape index (κ3) is 4.85. The van der Waals surface area contributed by atoms with Crippen molar-refractivity contribution in [3.63, 3.8) is 0 Å². The predicted molar refractivity (Wildman–Crippen MR) is 105 cm³/mol. The molecule has 0 unspecified atom stereocenters. The van der Waals surface area contributed by atoms with Crippen molar-refractivity contribution >= 4 is 21.6 Å². The first-order valence-electron chi connectivity index (χ1n) is 8.74. The Morgan fingerprint density at radius 3 is 2.35 bits per heavy atom. The van der Waals surface area contributed by atoms with Crippen LogP contribution in [0.4, 0.5) is 5.69 Å². The summed E-state index contributed by atoms with van der Waals surface area (Å²) in [6.45, 7) is 7.66. The van der Waals surface area contributed by atoms with Crippen molar-refractivity contribution in [2.75, 3.05) is 4.72 Å². The third-order valence-electron chi connectivity index (χ3n) is 4.25. The first-order chi connectivity index (χ1) is 12.2. The molecular weight excluding hydrogens is 348 g/mol. The van der Waals surface area contributed by atoms with Gasteiger partial charge in [-0.25, -0.2) is 8.42 Å². The minimum absolute atomic E-state index is 0.0693. The van der Waals surface area contributed by atoms with Gasteiger partial charge in [-0.1, -0.05) is 37.1 Å². The van der Waals surface area contributed by atoms with E-state index in [9.17, 15) is 13.2 Å². The van der Waals surface area contributed by atoms with E-state index in [0.717, 1.165) is 18.4 Å². The van der Waals surface area contributed by atoms with Crippen LogP contribution in [-0.2, 0) is 10.0 Å². The Hall–Kier alpha value is -2.34. The maximum absolute atomic E-state index is 12.6. The van der Waals surface area contributed by atoms with Crippen molar-refractivity contribution in [3.8, 4) is 0 Å². The lowest BCUT2D eigenvalue weighted by molar-refractivity contribution is 0.0937. The molecule has 2 aromatic carbocycles. The number of hydrogen-bond acceptors (Lipinski definition) is 3. The minimum Gasteiger partial charge on any atom is -0.350 e. The van der Waals surface area contributed by atoms with Gasteiger partial charge in [0.15, 0.2) is 0 Å². The Bertz CT molecular complexity index is 874. The summed E-state index contributed by atoms with van der Waals surface area (Å²) in [7, 11) is -3.71. The van der Waals surface area contributed by atoms with Gasteiger partial charge in [-0.15, -0.1) is 0 Å². The highest BCUT2D eigenvalue weighted by atomic mass is 32.2. The number of amides is 1. The summed E-state index contributed by atoms with van der Waals surface area (Å²) in [4.78, 5) is 12.7. The molecule has 140 valence electrons. The Labute approximate surface area is 155 Å². The van der Waals surface area contributed by atoms with Gasteiger partial charge < -0.3 is 5.32 Å². The lowest BCUT2D eigenvalue weighted by Gasteiger charge is -2.16. The van der Waals surface area contributed by atoms with Crippen LogP contribution in [-0.4, -0.2) is 20.4 Å². The summed E-state index contributed by atoms with van der Waals surface area (Å²) in [6, 6.07) is 11.7. The van der Waals surface area contributed by atoms with Crippen molar-refractivity contribution in [2.45, 2.75) is 51.5 Å². The van der Waals surface area contributed by atoms with Crippen molar-refractivity contribution in [1.29, 1.82) is 0 Å². The zero-order valence-electron chi connectivity index (χ0n) is 15.7. The molecule has 2 rings (SSSR count). The predicted octanol–water partition coefficient (Wildman–Crippen LogP) is 4.02. The summed E-state index contributed by atoms with van der Waals surface area (Å²) in [5.41, 5.74) is 2.46. The molecule has 0 aliphatic rings. The highest BCUT2D eigenvalue weighted by molar-refractivity contribution is 7.92. The zero-order valence-corrected chi connectivity index (χ0v) is 16.5. The van der Waals surface area contributed by atoms with Crippen LogP contribution in [0.1, 0.15) is 48.2 Å². The molecule has 5 nitrogen and oxygen atoms in total. The second-order valence-electron chi connectivity index (χ2n) is 6.56. The molecule has 0 aliphatic carbocycles. The molecule has 1 amide bonds. The second-order valence-corrected chi connectivity index (χ2v) is 8.24. The Kier molecular flexibility index (Phi) is 6.42. The first-order valence-corrected chi connectivity index (χ1v) is 10.2. The van der Waals surface area contributed by atoms with Gasteiger partial charge in [0.1, 0.15) is 0 Å². The highest BCUT2D eigenvalue weighted by Gasteiger charge is 2.18. The van der Waals surface area contributed by atoms with Gasteiger partial charge in [-0.2, -0.15) is 0 Å². The Morgan fingerprint density at radius 2 is 1.73 bits per heavy atom. The van der Waals surface area contributed by atoms with Gasteiger partial charge in [0, 0.05) is 11.6 Å². The van der Waals surface area contributed by atoms with Gasteiger partial charge in [0.05, 0.1) is 10.6 Å². The molecule has 26 heavy (non-hydrogen) atoms. The van der Waals surface area contributed by atoms with Gasteiger partial charge >= 0.3 is 0 Å². The van der Waals surface area contributed by atoms with Crippen LogP contribution < -0.4 is 10.0 Å². The fourth-order valence-corrected chi connectivity index (χ4v) is 3.84. The van der Waals surface area contributed by atoms with Crippen LogP contribution in [0.15, 0.2) is 47.4 Å². The second kappa shape index (κ2) is 8.36. The molecule has 0 spiro atoms. The number of benzene rings is 2. The SMILES string of the molecule is CCC[C@@H](C)NC(=O)c1cccc(NS(=O)(=O)c2ccc(C)cc2)c1C. The molecule has 0 aromatic heterocycles. The van der Waals surface area contributed by atoms with Crippen molar-refractivity contribution in [2.24, 2.45) is 0 Å². The fourth-order valence-electron chi connectivity index (χ4n) is 2.72. The van der Waals surface area contributed by atoms with Crippen molar-refractivity contribution in [3.05, 3.63) is 59.2 Å². The maximum Gasteiger partial charge on any atom is 0.261 e. The molecule has 0 fully saturated rings. The third-order valence-corrected chi connectivity index (χ3v) is 5.63. The summed E-state index contributed by atoms with van der Waals surface area (Å²) >= 11 is 0. The lowest BCUT2D eigenvalue weighted by Crippen LogP contribution is -2.33. The average molecular weight is 375 g/mol. The standard InChI is InChI=1S/C20H26N2O3S/c1-5-7-15(3)21-20(23)18-8-6-9-19(16(18)4)22-26(24,25)17-12-10-14(2)11-13-17/h6,8-13,15,22H,5,7H2,1-4H3,(H,21,23)/t15-/m1/s1. The van der Waals surface area contributed by atoms with Crippen LogP contribution in [0.3, 0.4) is 0 Å². The molecule has 2 N–H and O–H groups in total. The van der Waals surface area contributed by atoms with E-state index in [1.165, 1.54) is 0 Å². The minimum atomic E-state index is -3.71. The normalized spacial score (nSPS) is 12.5. The molecule has 0 radical (unpaired) electrons. The molecular formula is C20H26N2O3S. The molecule has 0 heterocycles. The number of aryl methyl sites for hydroxylation is 1. The van der Waals surface area contributed by atoms with Crippen LogP contribution in [0, 0.1) is 13.8 Å². The van der Waals surface area contributed by atoms with E-state index in [1.54, 1.807) is 49.4 Å². The summed E-state index contributed by atoms with van der Waals surface area (Å²) < 4.78 is 27.8. The fraction of sp³-hybridized carbons (Fsp3) is 0.350.